The third-order valence-electron chi connectivity index (χ3n) is 4.54. The van der Waals surface area contributed by atoms with E-state index in [-0.39, 0.29) is 5.91 Å². The zero-order chi connectivity index (χ0) is 18.8. The number of fused-ring (bicyclic) bond motifs is 1. The summed E-state index contributed by atoms with van der Waals surface area (Å²) in [6.07, 6.45) is 0. The first-order chi connectivity index (χ1) is 13.1. The van der Waals surface area contributed by atoms with Crippen LogP contribution in [-0.2, 0) is 11.3 Å². The van der Waals surface area contributed by atoms with Crippen molar-refractivity contribution in [3.63, 3.8) is 0 Å². The highest BCUT2D eigenvalue weighted by Gasteiger charge is 2.26. The molecule has 1 aromatic heterocycles. The summed E-state index contributed by atoms with van der Waals surface area (Å²) in [5.41, 5.74) is 4.21. The number of aromatic nitrogens is 3. The van der Waals surface area contributed by atoms with Crippen molar-refractivity contribution in [3.05, 3.63) is 59.7 Å². The summed E-state index contributed by atoms with van der Waals surface area (Å²) in [5.74, 6) is 1.09. The fraction of sp³-hybridized carbons (Fsp3) is 0.250. The van der Waals surface area contributed by atoms with E-state index in [4.69, 9.17) is 0 Å². The number of hydrogen-bond donors (Lipinski definition) is 1. The third kappa shape index (κ3) is 3.68. The lowest BCUT2D eigenvalue weighted by atomic mass is 10.1. The van der Waals surface area contributed by atoms with Gasteiger partial charge in [-0.05, 0) is 37.6 Å². The molecule has 3 aromatic rings. The van der Waals surface area contributed by atoms with Gasteiger partial charge in [-0.3, -0.25) is 9.36 Å². The Balaban J connectivity index is 1.41. The molecule has 1 N–H and O–H groups in total. The van der Waals surface area contributed by atoms with Gasteiger partial charge in [0, 0.05) is 24.5 Å². The number of aryl methyl sites for hydroxylation is 2. The van der Waals surface area contributed by atoms with Crippen LogP contribution >= 0.6 is 11.8 Å². The smallest absolute Gasteiger partial charge is 0.234 e. The lowest BCUT2D eigenvalue weighted by Crippen LogP contribution is -2.15. The molecule has 0 unspecified atom stereocenters. The summed E-state index contributed by atoms with van der Waals surface area (Å²) in [6.45, 7) is 5.72. The average molecular weight is 379 g/mol. The molecule has 0 saturated carbocycles. The number of hydrogen-bond acceptors (Lipinski definition) is 5. The number of nitrogens with zero attached hydrogens (tertiary/aromatic N) is 4. The molecule has 6 nitrogen and oxygen atoms in total. The summed E-state index contributed by atoms with van der Waals surface area (Å²) in [6, 6.07) is 16.2. The van der Waals surface area contributed by atoms with E-state index < -0.39 is 0 Å². The number of thioether (sulfide) groups is 1. The van der Waals surface area contributed by atoms with Gasteiger partial charge in [-0.25, -0.2) is 0 Å². The van der Waals surface area contributed by atoms with Crippen molar-refractivity contribution in [1.82, 2.24) is 14.8 Å². The predicted molar refractivity (Wildman–Crippen MR) is 109 cm³/mol. The van der Waals surface area contributed by atoms with Crippen LogP contribution in [0.5, 0.6) is 0 Å². The largest absolute Gasteiger partial charge is 0.325 e. The molecule has 0 bridgehead atoms. The zero-order valence-corrected chi connectivity index (χ0v) is 16.2. The number of anilines is 3. The molecule has 1 aliphatic heterocycles. The molecule has 0 spiro atoms. The van der Waals surface area contributed by atoms with Gasteiger partial charge < -0.3 is 10.2 Å². The minimum Gasteiger partial charge on any atom is -0.325 e. The van der Waals surface area contributed by atoms with Crippen LogP contribution in [-0.4, -0.2) is 33.0 Å². The number of rotatable bonds is 5. The summed E-state index contributed by atoms with van der Waals surface area (Å²) in [4.78, 5) is 14.5. The maximum atomic E-state index is 12.3. The van der Waals surface area contributed by atoms with Gasteiger partial charge >= 0.3 is 0 Å². The molecule has 0 aliphatic carbocycles. The Morgan fingerprint density at radius 1 is 1.11 bits per heavy atom. The van der Waals surface area contributed by atoms with Gasteiger partial charge in [0.05, 0.1) is 5.75 Å². The van der Waals surface area contributed by atoms with Gasteiger partial charge in [-0.15, -0.1) is 10.2 Å². The summed E-state index contributed by atoms with van der Waals surface area (Å²) >= 11 is 1.42. The van der Waals surface area contributed by atoms with Crippen LogP contribution in [0, 0.1) is 13.8 Å². The van der Waals surface area contributed by atoms with Crippen LogP contribution in [0.3, 0.4) is 0 Å². The van der Waals surface area contributed by atoms with Crippen LogP contribution in [0.4, 0.5) is 17.3 Å². The second-order valence-corrected chi connectivity index (χ2v) is 7.52. The Kier molecular flexibility index (Phi) is 4.85. The maximum Gasteiger partial charge on any atom is 0.234 e. The van der Waals surface area contributed by atoms with Crippen LogP contribution in [0.2, 0.25) is 0 Å². The van der Waals surface area contributed by atoms with E-state index >= 15 is 0 Å². The van der Waals surface area contributed by atoms with E-state index in [1.54, 1.807) is 0 Å². The van der Waals surface area contributed by atoms with Gasteiger partial charge in [0.2, 0.25) is 11.9 Å². The number of carbonyl (C=O) groups excluding carboxylic acids is 1. The molecular formula is C20H21N5OS. The molecule has 27 heavy (non-hydrogen) atoms. The molecular weight excluding hydrogens is 358 g/mol. The molecule has 0 fully saturated rings. The van der Waals surface area contributed by atoms with Gasteiger partial charge in [-0.2, -0.15) is 0 Å². The number of carbonyl (C=O) groups is 1. The van der Waals surface area contributed by atoms with Crippen LogP contribution in [0.25, 0.3) is 0 Å². The van der Waals surface area contributed by atoms with E-state index in [1.807, 2.05) is 44.2 Å². The molecule has 0 radical (unpaired) electrons. The monoisotopic (exact) mass is 379 g/mol. The first kappa shape index (κ1) is 17.6. The van der Waals surface area contributed by atoms with Crippen molar-refractivity contribution >= 4 is 35.0 Å². The van der Waals surface area contributed by atoms with Crippen molar-refractivity contribution in [3.8, 4) is 0 Å². The zero-order valence-electron chi connectivity index (χ0n) is 15.3. The highest BCUT2D eigenvalue weighted by atomic mass is 32.2. The Labute approximate surface area is 162 Å². The first-order valence-electron chi connectivity index (χ1n) is 8.87. The van der Waals surface area contributed by atoms with Gasteiger partial charge in [0.1, 0.15) is 0 Å². The quantitative estimate of drug-likeness (QED) is 0.684. The standard InChI is InChI=1S/C20H21N5OS/c1-14-8-9-17(15(2)12-14)21-18(26)13-27-20-23-22-19-24(10-11-25(19)20)16-6-4-3-5-7-16/h3-9,12H,10-11,13H2,1-2H3,(H,21,26). The third-order valence-corrected chi connectivity index (χ3v) is 5.51. The van der Waals surface area contributed by atoms with E-state index in [2.05, 4.69) is 43.2 Å². The lowest BCUT2D eigenvalue weighted by Gasteiger charge is -2.14. The molecule has 0 atom stereocenters. The maximum absolute atomic E-state index is 12.3. The summed E-state index contributed by atoms with van der Waals surface area (Å²) in [7, 11) is 0. The lowest BCUT2D eigenvalue weighted by molar-refractivity contribution is -0.113. The van der Waals surface area contributed by atoms with Gasteiger partial charge in [-0.1, -0.05) is 47.7 Å². The van der Waals surface area contributed by atoms with Crippen molar-refractivity contribution in [2.75, 3.05) is 22.5 Å². The molecule has 2 heterocycles. The van der Waals surface area contributed by atoms with E-state index in [1.165, 1.54) is 17.3 Å². The minimum atomic E-state index is -0.0396. The fourth-order valence-electron chi connectivity index (χ4n) is 3.21. The van der Waals surface area contributed by atoms with Crippen LogP contribution < -0.4 is 10.2 Å². The van der Waals surface area contributed by atoms with E-state index in [0.29, 0.717) is 5.75 Å². The molecule has 1 aliphatic rings. The fourth-order valence-corrected chi connectivity index (χ4v) is 3.97. The number of nitrogens with one attached hydrogen (secondary N) is 1. The second-order valence-electron chi connectivity index (χ2n) is 6.58. The molecule has 0 saturated heterocycles. The normalized spacial score (nSPS) is 12.9. The average Bonchev–Trinajstić information content (AvgIpc) is 3.25. The van der Waals surface area contributed by atoms with Crippen LogP contribution in [0.1, 0.15) is 11.1 Å². The highest BCUT2D eigenvalue weighted by Crippen LogP contribution is 2.31. The summed E-state index contributed by atoms with van der Waals surface area (Å²) < 4.78 is 2.07. The number of amides is 1. The van der Waals surface area contributed by atoms with Gasteiger partial charge in [0.15, 0.2) is 5.16 Å². The Bertz CT molecular complexity index is 970. The summed E-state index contributed by atoms with van der Waals surface area (Å²) in [5, 5.41) is 12.4. The van der Waals surface area contributed by atoms with Crippen molar-refractivity contribution in [1.29, 1.82) is 0 Å². The molecule has 7 heteroatoms. The number of para-hydroxylation sites is 1. The predicted octanol–water partition coefficient (Wildman–Crippen LogP) is 3.78. The number of benzene rings is 2. The second kappa shape index (κ2) is 7.44. The molecule has 2 aromatic carbocycles. The van der Waals surface area contributed by atoms with E-state index in [0.717, 1.165) is 41.1 Å². The van der Waals surface area contributed by atoms with Crippen molar-refractivity contribution in [2.45, 2.75) is 25.5 Å². The first-order valence-corrected chi connectivity index (χ1v) is 9.86. The molecule has 138 valence electrons. The Hall–Kier alpha value is -2.80. The van der Waals surface area contributed by atoms with Gasteiger partial charge in [0.25, 0.3) is 0 Å². The molecule has 1 amide bonds. The SMILES string of the molecule is Cc1ccc(NC(=O)CSc2nnc3n2CCN3c2ccccc2)c(C)c1. The Morgan fingerprint density at radius 2 is 1.93 bits per heavy atom. The topological polar surface area (TPSA) is 63.1 Å². The minimum absolute atomic E-state index is 0.0396. The van der Waals surface area contributed by atoms with E-state index in [9.17, 15) is 4.79 Å². The molecule has 4 rings (SSSR count). The van der Waals surface area contributed by atoms with Crippen molar-refractivity contribution in [2.24, 2.45) is 0 Å². The Morgan fingerprint density at radius 3 is 2.70 bits per heavy atom. The van der Waals surface area contributed by atoms with Crippen LogP contribution in [0.15, 0.2) is 53.7 Å². The highest BCUT2D eigenvalue weighted by molar-refractivity contribution is 7.99. The van der Waals surface area contributed by atoms with Crippen molar-refractivity contribution < 1.29 is 4.79 Å².